The number of carbonyl (C=O) groups is 1. The van der Waals surface area contributed by atoms with Gasteiger partial charge in [0.2, 0.25) is 5.09 Å². The van der Waals surface area contributed by atoms with E-state index in [0.29, 0.717) is 31.5 Å². The van der Waals surface area contributed by atoms with Gasteiger partial charge in [-0.05, 0) is 41.8 Å². The van der Waals surface area contributed by atoms with E-state index in [4.69, 9.17) is 9.15 Å². The van der Waals surface area contributed by atoms with Crippen molar-refractivity contribution in [3.63, 3.8) is 0 Å². The van der Waals surface area contributed by atoms with Crippen LogP contribution in [0.3, 0.4) is 0 Å². The number of hydrogen-bond acceptors (Lipinski definition) is 7. The van der Waals surface area contributed by atoms with Crippen LogP contribution in [0.25, 0.3) is 21.9 Å². The van der Waals surface area contributed by atoms with E-state index in [1.165, 1.54) is 16.1 Å². The molecule has 1 fully saturated rings. The first-order valence-corrected chi connectivity index (χ1v) is 15.1. The topological polar surface area (TPSA) is 92.5 Å². The third kappa shape index (κ3) is 3.69. The fourth-order valence-corrected chi connectivity index (χ4v) is 9.08. The average Bonchev–Trinajstić information content (AvgIpc) is 3.43. The number of rotatable bonds is 6. The second-order valence-electron chi connectivity index (χ2n) is 10.2. The Labute approximate surface area is 230 Å². The van der Waals surface area contributed by atoms with E-state index in [1.807, 2.05) is 47.0 Å². The minimum Gasteiger partial charge on any atom is -0.497 e. The van der Waals surface area contributed by atoms with Crippen LogP contribution in [0.1, 0.15) is 23.7 Å². The average molecular weight is 561 g/mol. The number of nitrogens with zero attached hydrogens (tertiary/aromatic N) is 3. The highest BCUT2D eigenvalue weighted by atomic mass is 32.2. The van der Waals surface area contributed by atoms with Crippen molar-refractivity contribution < 1.29 is 26.9 Å². The van der Waals surface area contributed by atoms with E-state index in [2.05, 4.69) is 11.6 Å². The van der Waals surface area contributed by atoms with Crippen molar-refractivity contribution in [1.82, 2.24) is 9.29 Å². The van der Waals surface area contributed by atoms with E-state index < -0.39 is 15.6 Å². The van der Waals surface area contributed by atoms with Gasteiger partial charge < -0.3 is 9.15 Å². The van der Waals surface area contributed by atoms with Gasteiger partial charge in [0.05, 0.1) is 18.2 Å². The van der Waals surface area contributed by atoms with Gasteiger partial charge in [0, 0.05) is 54.2 Å². The molecule has 0 radical (unpaired) electrons. The summed E-state index contributed by atoms with van der Waals surface area (Å²) in [6.45, 7) is 4.94. The maximum atomic E-state index is 13.6. The van der Waals surface area contributed by atoms with Gasteiger partial charge in [-0.15, -0.1) is 6.58 Å². The number of para-hydroxylation sites is 1. The van der Waals surface area contributed by atoms with Crippen LogP contribution >= 0.6 is 11.8 Å². The fraction of sp³-hybridized carbons (Fsp3) is 0.276. The number of fused-ring (bicyclic) bond motifs is 2. The molecular weight excluding hydrogens is 534 g/mol. The van der Waals surface area contributed by atoms with Crippen molar-refractivity contribution in [3.05, 3.63) is 79.0 Å². The highest BCUT2D eigenvalue weighted by Crippen LogP contribution is 2.52. The number of pyridine rings is 1. The number of thioether (sulfide) groups is 1. The van der Waals surface area contributed by atoms with Gasteiger partial charge in [-0.1, -0.05) is 24.3 Å². The Kier molecular flexibility index (Phi) is 5.52. The molecule has 10 heteroatoms. The zero-order valence-electron chi connectivity index (χ0n) is 21.2. The van der Waals surface area contributed by atoms with Gasteiger partial charge in [-0.2, -0.15) is 8.88 Å². The molecule has 0 aliphatic carbocycles. The quantitative estimate of drug-likeness (QED) is 0.177. The van der Waals surface area contributed by atoms with Crippen LogP contribution in [-0.4, -0.2) is 59.0 Å². The SMILES string of the molecule is C=C[C@]1(C2CC[N+]3=C(C2)[C@H](c2ccnc4ccc(OC)cc24)SC3=O)CN1S(=O)(=O)c1cc2ccccc2o1. The van der Waals surface area contributed by atoms with Gasteiger partial charge in [0.1, 0.15) is 16.6 Å². The van der Waals surface area contributed by atoms with Crippen LogP contribution in [0.4, 0.5) is 4.79 Å². The number of amides is 1. The normalized spacial score (nSPS) is 26.7. The summed E-state index contributed by atoms with van der Waals surface area (Å²) in [4.78, 5) is 17.6. The number of carbonyl (C=O) groups excluding carboxylic acids is 1. The standard InChI is InChI=1S/C29H26N3O5S2/c1-3-29(17-32(29)39(34,35)26-14-18-6-4-5-7-25(18)37-26)19-11-13-31-24(15-19)27(38-28(31)33)21-10-12-30-23-9-8-20(36-2)16-22(21)23/h3-10,12,14,16,19,27H,1,11,13,15,17H2,2H3/q+1/t19?,27-,29+,32?/m0/s1. The van der Waals surface area contributed by atoms with Crippen molar-refractivity contribution >= 4 is 54.6 Å². The maximum Gasteiger partial charge on any atom is 0.450 e. The van der Waals surface area contributed by atoms with Crippen molar-refractivity contribution in [2.45, 2.75) is 28.7 Å². The van der Waals surface area contributed by atoms with Crippen molar-refractivity contribution in [3.8, 4) is 5.75 Å². The molecule has 7 rings (SSSR count). The third-order valence-corrected chi connectivity index (χ3v) is 11.2. The number of benzene rings is 2. The molecule has 3 aliphatic rings. The lowest BCUT2D eigenvalue weighted by Crippen LogP contribution is -2.39. The molecule has 39 heavy (non-hydrogen) atoms. The summed E-state index contributed by atoms with van der Waals surface area (Å²) in [7, 11) is -2.23. The largest absolute Gasteiger partial charge is 0.497 e. The van der Waals surface area contributed by atoms with Crippen molar-refractivity contribution in [1.29, 1.82) is 0 Å². The first-order chi connectivity index (χ1) is 18.9. The van der Waals surface area contributed by atoms with E-state index in [-0.39, 0.29) is 21.5 Å². The molecule has 2 aromatic heterocycles. The van der Waals surface area contributed by atoms with E-state index >= 15 is 0 Å². The fourth-order valence-electron chi connectivity index (χ4n) is 6.12. The first kappa shape index (κ1) is 24.6. The second kappa shape index (κ2) is 8.77. The molecule has 0 bridgehead atoms. The molecule has 0 saturated carbocycles. The molecule has 2 aromatic carbocycles. The van der Waals surface area contributed by atoms with Crippen molar-refractivity contribution in [2.24, 2.45) is 5.92 Å². The number of aromatic nitrogens is 1. The van der Waals surface area contributed by atoms with Crippen LogP contribution in [0.2, 0.25) is 0 Å². The number of hydrogen-bond donors (Lipinski definition) is 0. The summed E-state index contributed by atoms with van der Waals surface area (Å²) in [5.74, 6) is 0.710. The zero-order valence-corrected chi connectivity index (χ0v) is 22.9. The minimum atomic E-state index is -3.85. The van der Waals surface area contributed by atoms with Crippen LogP contribution in [0.5, 0.6) is 5.75 Å². The van der Waals surface area contributed by atoms with Gasteiger partial charge >= 0.3 is 5.24 Å². The maximum absolute atomic E-state index is 13.6. The van der Waals surface area contributed by atoms with E-state index in [1.54, 1.807) is 31.5 Å². The molecule has 1 amide bonds. The summed E-state index contributed by atoms with van der Waals surface area (Å²) in [5, 5.41) is 1.48. The lowest BCUT2D eigenvalue weighted by Gasteiger charge is -2.27. The molecule has 4 aromatic rings. The minimum absolute atomic E-state index is 0.0166. The van der Waals surface area contributed by atoms with Gasteiger partial charge in [0.15, 0.2) is 12.3 Å². The Morgan fingerprint density at radius 1 is 1.23 bits per heavy atom. The molecule has 198 valence electrons. The number of methoxy groups -OCH3 is 1. The van der Waals surface area contributed by atoms with Crippen molar-refractivity contribution in [2.75, 3.05) is 20.2 Å². The molecule has 0 spiro atoms. The predicted molar refractivity (Wildman–Crippen MR) is 150 cm³/mol. The summed E-state index contributed by atoms with van der Waals surface area (Å²) >= 11 is 1.31. The summed E-state index contributed by atoms with van der Waals surface area (Å²) < 4.78 is 41.8. The Morgan fingerprint density at radius 3 is 2.87 bits per heavy atom. The molecule has 2 unspecified atom stereocenters. The smallest absolute Gasteiger partial charge is 0.450 e. The van der Waals surface area contributed by atoms with Crippen LogP contribution < -0.4 is 4.74 Å². The van der Waals surface area contributed by atoms with Crippen LogP contribution in [0, 0.1) is 5.92 Å². The lowest BCUT2D eigenvalue weighted by atomic mass is 9.81. The highest BCUT2D eigenvalue weighted by molar-refractivity contribution is 8.14. The third-order valence-electron chi connectivity index (χ3n) is 8.28. The summed E-state index contributed by atoms with van der Waals surface area (Å²) in [6, 6.07) is 16.6. The Morgan fingerprint density at radius 2 is 2.08 bits per heavy atom. The molecule has 3 aliphatic heterocycles. The van der Waals surface area contributed by atoms with Gasteiger partial charge in [0.25, 0.3) is 10.0 Å². The van der Waals surface area contributed by atoms with Gasteiger partial charge in [-0.3, -0.25) is 4.98 Å². The number of ether oxygens (including phenoxy) is 1. The van der Waals surface area contributed by atoms with Gasteiger partial charge in [-0.25, -0.2) is 13.2 Å². The second-order valence-corrected chi connectivity index (χ2v) is 13.0. The zero-order chi connectivity index (χ0) is 26.9. The van der Waals surface area contributed by atoms with Crippen LogP contribution in [-0.2, 0) is 10.0 Å². The molecule has 4 atom stereocenters. The molecule has 5 heterocycles. The summed E-state index contributed by atoms with van der Waals surface area (Å²) in [6.07, 6.45) is 4.81. The van der Waals surface area contributed by atoms with Crippen LogP contribution in [0.15, 0.2) is 83.0 Å². The highest BCUT2D eigenvalue weighted by Gasteiger charge is 2.64. The Balaban J connectivity index is 1.22. The number of sulfonamides is 1. The molecule has 8 nitrogen and oxygen atoms in total. The molecule has 1 saturated heterocycles. The monoisotopic (exact) mass is 560 g/mol. The Hall–Kier alpha value is -3.47. The number of furan rings is 1. The molecule has 0 N–H and O–H groups in total. The first-order valence-electron chi connectivity index (χ1n) is 12.8. The molecular formula is C29H26N3O5S2+. The lowest BCUT2D eigenvalue weighted by molar-refractivity contribution is -0.425. The Bertz CT molecular complexity index is 1800. The summed E-state index contributed by atoms with van der Waals surface area (Å²) in [5.41, 5.74) is 2.66. The van der Waals surface area contributed by atoms with E-state index in [0.717, 1.165) is 33.3 Å². The van der Waals surface area contributed by atoms with E-state index in [9.17, 15) is 13.2 Å². The predicted octanol–water partition coefficient (Wildman–Crippen LogP) is 5.39.